The number of nitrogen functional groups attached to an aromatic ring is 1. The topological polar surface area (TPSA) is 55.1 Å². The predicted octanol–water partition coefficient (Wildman–Crippen LogP) is 3.42. The Labute approximate surface area is 115 Å². The van der Waals surface area contributed by atoms with E-state index in [1.165, 1.54) is 31.2 Å². The summed E-state index contributed by atoms with van der Waals surface area (Å²) in [5, 5.41) is 2.34. The van der Waals surface area contributed by atoms with Gasteiger partial charge in [-0.15, -0.1) is 0 Å². The third kappa shape index (κ3) is 2.77. The second-order valence-electron chi connectivity index (χ2n) is 4.64. The van der Waals surface area contributed by atoms with Gasteiger partial charge in [0.2, 0.25) is 0 Å². The highest BCUT2D eigenvalue weighted by Crippen LogP contribution is 2.20. The maximum absolute atomic E-state index is 13.9. The second-order valence-corrected chi connectivity index (χ2v) is 4.64. The van der Waals surface area contributed by atoms with E-state index in [0.717, 1.165) is 5.56 Å². The van der Waals surface area contributed by atoms with E-state index in [1.807, 2.05) is 0 Å². The summed E-state index contributed by atoms with van der Waals surface area (Å²) in [7, 11) is 0. The molecule has 0 heterocycles. The molecule has 0 bridgehead atoms. The first-order valence-corrected chi connectivity index (χ1v) is 6.01. The van der Waals surface area contributed by atoms with Crippen LogP contribution in [0.5, 0.6) is 0 Å². The van der Waals surface area contributed by atoms with Crippen LogP contribution in [0.4, 0.5) is 20.2 Å². The molecule has 0 saturated heterocycles. The van der Waals surface area contributed by atoms with Crippen LogP contribution < -0.4 is 11.1 Å². The summed E-state index contributed by atoms with van der Waals surface area (Å²) in [4.78, 5) is 12.0. The highest BCUT2D eigenvalue weighted by atomic mass is 19.1. The van der Waals surface area contributed by atoms with Gasteiger partial charge >= 0.3 is 0 Å². The molecule has 0 aliphatic heterocycles. The molecule has 0 aliphatic carbocycles. The highest BCUT2D eigenvalue weighted by molar-refractivity contribution is 6.05. The minimum absolute atomic E-state index is 0.0000718. The molecule has 3 N–H and O–H groups in total. The number of hydrogen-bond donors (Lipinski definition) is 2. The van der Waals surface area contributed by atoms with Gasteiger partial charge in [-0.1, -0.05) is 6.07 Å². The first kappa shape index (κ1) is 14.0. The Balaban J connectivity index is 2.33. The van der Waals surface area contributed by atoms with Gasteiger partial charge in [-0.2, -0.15) is 0 Å². The zero-order valence-corrected chi connectivity index (χ0v) is 11.1. The van der Waals surface area contributed by atoms with Crippen molar-refractivity contribution in [2.45, 2.75) is 13.8 Å². The lowest BCUT2D eigenvalue weighted by Crippen LogP contribution is -2.16. The third-order valence-corrected chi connectivity index (χ3v) is 2.89. The fraction of sp³-hybridized carbons (Fsp3) is 0.133. The molecule has 3 nitrogen and oxygen atoms in total. The van der Waals surface area contributed by atoms with Crippen molar-refractivity contribution in [1.82, 2.24) is 0 Å². The summed E-state index contributed by atoms with van der Waals surface area (Å²) < 4.78 is 27.5. The van der Waals surface area contributed by atoms with Gasteiger partial charge < -0.3 is 11.1 Å². The van der Waals surface area contributed by atoms with E-state index in [4.69, 9.17) is 5.73 Å². The van der Waals surface area contributed by atoms with E-state index in [2.05, 4.69) is 5.32 Å². The van der Waals surface area contributed by atoms with Crippen molar-refractivity contribution >= 4 is 17.3 Å². The van der Waals surface area contributed by atoms with E-state index in [9.17, 15) is 13.6 Å². The molecule has 0 saturated carbocycles. The molecule has 0 spiro atoms. The van der Waals surface area contributed by atoms with Crippen molar-refractivity contribution in [3.05, 3.63) is 58.7 Å². The first-order valence-electron chi connectivity index (χ1n) is 6.01. The fourth-order valence-electron chi connectivity index (χ4n) is 1.87. The van der Waals surface area contributed by atoms with Crippen molar-refractivity contribution in [1.29, 1.82) is 0 Å². The minimum Gasteiger partial charge on any atom is -0.399 e. The molecule has 2 aromatic carbocycles. The quantitative estimate of drug-likeness (QED) is 0.826. The van der Waals surface area contributed by atoms with E-state index in [-0.39, 0.29) is 22.5 Å². The molecule has 0 aromatic heterocycles. The van der Waals surface area contributed by atoms with Crippen LogP contribution in [0.1, 0.15) is 21.5 Å². The number of amides is 1. The van der Waals surface area contributed by atoms with E-state index < -0.39 is 17.5 Å². The summed E-state index contributed by atoms with van der Waals surface area (Å²) in [6.45, 7) is 3.24. The lowest BCUT2D eigenvalue weighted by Gasteiger charge is -2.10. The summed E-state index contributed by atoms with van der Waals surface area (Å²) in [5.74, 6) is -1.97. The second kappa shape index (κ2) is 5.28. The number of anilines is 2. The van der Waals surface area contributed by atoms with Crippen LogP contribution in [0.25, 0.3) is 0 Å². The third-order valence-electron chi connectivity index (χ3n) is 2.89. The number of carbonyl (C=O) groups excluding carboxylic acids is 1. The number of benzene rings is 2. The number of rotatable bonds is 2. The molecule has 2 rings (SSSR count). The molecule has 104 valence electrons. The molecule has 2 aromatic rings. The summed E-state index contributed by atoms with van der Waals surface area (Å²) >= 11 is 0. The van der Waals surface area contributed by atoms with Gasteiger partial charge in [-0.05, 0) is 49.2 Å². The molecule has 0 atom stereocenters. The van der Waals surface area contributed by atoms with Gasteiger partial charge in [0, 0.05) is 5.69 Å². The number of halogens is 2. The number of nitrogens with one attached hydrogen (secondary N) is 1. The monoisotopic (exact) mass is 276 g/mol. The highest BCUT2D eigenvalue weighted by Gasteiger charge is 2.16. The minimum atomic E-state index is -0.736. The van der Waals surface area contributed by atoms with E-state index >= 15 is 0 Å². The van der Waals surface area contributed by atoms with Crippen LogP contribution in [0.15, 0.2) is 30.3 Å². The van der Waals surface area contributed by atoms with E-state index in [0.29, 0.717) is 0 Å². The van der Waals surface area contributed by atoms with Crippen molar-refractivity contribution in [2.75, 3.05) is 11.1 Å². The maximum Gasteiger partial charge on any atom is 0.258 e. The van der Waals surface area contributed by atoms with Crippen LogP contribution in [-0.2, 0) is 0 Å². The van der Waals surface area contributed by atoms with Gasteiger partial charge in [0.05, 0.1) is 11.3 Å². The first-order chi connectivity index (χ1) is 9.38. The van der Waals surface area contributed by atoms with Crippen LogP contribution in [0.3, 0.4) is 0 Å². The average molecular weight is 276 g/mol. The smallest absolute Gasteiger partial charge is 0.258 e. The van der Waals surface area contributed by atoms with Crippen LogP contribution >= 0.6 is 0 Å². The number of carbonyl (C=O) groups is 1. The summed E-state index contributed by atoms with van der Waals surface area (Å²) in [6.07, 6.45) is 0. The zero-order chi connectivity index (χ0) is 14.9. The lowest BCUT2D eigenvalue weighted by atomic mass is 10.1. The molecule has 20 heavy (non-hydrogen) atoms. The number of aryl methyl sites for hydroxylation is 2. The molecule has 0 unspecified atom stereocenters. The Morgan fingerprint density at radius 1 is 1.15 bits per heavy atom. The maximum atomic E-state index is 13.9. The molecule has 0 aliphatic rings. The number of nitrogens with two attached hydrogens (primary N) is 1. The Hall–Kier alpha value is -2.43. The van der Waals surface area contributed by atoms with Crippen molar-refractivity contribution in [2.24, 2.45) is 0 Å². The molecule has 0 fully saturated rings. The Morgan fingerprint density at radius 3 is 2.50 bits per heavy atom. The van der Waals surface area contributed by atoms with Crippen molar-refractivity contribution < 1.29 is 13.6 Å². The van der Waals surface area contributed by atoms with Gasteiger partial charge in [-0.25, -0.2) is 8.78 Å². The summed E-state index contributed by atoms with van der Waals surface area (Å²) in [6, 6.07) is 7.03. The van der Waals surface area contributed by atoms with Gasteiger partial charge in [0.25, 0.3) is 5.91 Å². The predicted molar refractivity (Wildman–Crippen MR) is 74.6 cm³/mol. The standard InChI is InChI=1S/C15H14F2N2O/c1-8-3-4-13(12(16)5-8)19-15(20)11-7-10(18)6-9(2)14(11)17/h3-7H,18H2,1-2H3,(H,19,20). The van der Waals surface area contributed by atoms with Crippen molar-refractivity contribution in [3.63, 3.8) is 0 Å². The molecule has 5 heteroatoms. The molecular formula is C15H14F2N2O. The van der Waals surface area contributed by atoms with Crippen LogP contribution in [-0.4, -0.2) is 5.91 Å². The Morgan fingerprint density at radius 2 is 1.85 bits per heavy atom. The summed E-state index contributed by atoms with van der Waals surface area (Å²) in [5.41, 5.74) is 6.65. The van der Waals surface area contributed by atoms with Crippen LogP contribution in [0.2, 0.25) is 0 Å². The largest absolute Gasteiger partial charge is 0.399 e. The Bertz CT molecular complexity index is 684. The van der Waals surface area contributed by atoms with Gasteiger partial charge in [0.15, 0.2) is 0 Å². The fourth-order valence-corrected chi connectivity index (χ4v) is 1.87. The molecule has 0 radical (unpaired) electrons. The lowest BCUT2D eigenvalue weighted by molar-refractivity contribution is 0.102. The average Bonchev–Trinajstić information content (AvgIpc) is 2.37. The number of hydrogen-bond acceptors (Lipinski definition) is 2. The van der Waals surface area contributed by atoms with E-state index in [1.54, 1.807) is 13.0 Å². The van der Waals surface area contributed by atoms with Gasteiger partial charge in [-0.3, -0.25) is 4.79 Å². The SMILES string of the molecule is Cc1ccc(NC(=O)c2cc(N)cc(C)c2F)c(F)c1. The normalized spacial score (nSPS) is 10.4. The van der Waals surface area contributed by atoms with Crippen LogP contribution in [0, 0.1) is 25.5 Å². The molecule has 1 amide bonds. The molecular weight excluding hydrogens is 262 g/mol. The zero-order valence-electron chi connectivity index (χ0n) is 11.1. The van der Waals surface area contributed by atoms with Gasteiger partial charge in [0.1, 0.15) is 11.6 Å². The Kier molecular flexibility index (Phi) is 3.70. The van der Waals surface area contributed by atoms with Crippen molar-refractivity contribution in [3.8, 4) is 0 Å².